The Balaban J connectivity index is 2.94. The number of carbonyl (C=O) groups is 1. The molecule has 1 aromatic carbocycles. The molecule has 15 heavy (non-hydrogen) atoms. The predicted octanol–water partition coefficient (Wildman–Crippen LogP) is 4.78. The summed E-state index contributed by atoms with van der Waals surface area (Å²) in [6.07, 6.45) is 2.58. The summed E-state index contributed by atoms with van der Waals surface area (Å²) in [6, 6.07) is 3.64. The van der Waals surface area contributed by atoms with Gasteiger partial charge < -0.3 is 0 Å². The molecule has 0 saturated heterocycles. The summed E-state index contributed by atoms with van der Waals surface area (Å²) in [4.78, 5) is 11.8. The Hall–Kier alpha value is -0.340. The maximum absolute atomic E-state index is 11.8. The summed E-state index contributed by atoms with van der Waals surface area (Å²) in [5, 5.41) is 0.689. The molecule has 0 amide bonds. The summed E-state index contributed by atoms with van der Waals surface area (Å²) in [5.41, 5.74) is 1.69. The van der Waals surface area contributed by atoms with Crippen LogP contribution in [0.1, 0.15) is 42.1 Å². The van der Waals surface area contributed by atoms with Crippen LogP contribution in [0.25, 0.3) is 0 Å². The zero-order valence-electron chi connectivity index (χ0n) is 8.94. The first-order valence-electron chi connectivity index (χ1n) is 5.05. The first-order chi connectivity index (χ1) is 7.06. The van der Waals surface area contributed by atoms with Crippen LogP contribution in [0.5, 0.6) is 0 Å². The second-order valence-electron chi connectivity index (χ2n) is 3.61. The monoisotopic (exact) mass is 288 g/mol. The van der Waals surface area contributed by atoms with Gasteiger partial charge >= 0.3 is 0 Å². The Kier molecular flexibility index (Phi) is 4.81. The van der Waals surface area contributed by atoms with Crippen LogP contribution in [0.2, 0.25) is 5.02 Å². The molecule has 3 heteroatoms. The van der Waals surface area contributed by atoms with Gasteiger partial charge in [-0.3, -0.25) is 4.79 Å². The quantitative estimate of drug-likeness (QED) is 0.729. The second-order valence-corrected chi connectivity index (χ2v) is 4.87. The fraction of sp³-hybridized carbons (Fsp3) is 0.417. The minimum Gasteiger partial charge on any atom is -0.294 e. The molecule has 0 aliphatic heterocycles. The van der Waals surface area contributed by atoms with E-state index in [2.05, 4.69) is 22.9 Å². The molecule has 0 unspecified atom stereocenters. The first kappa shape index (κ1) is 12.7. The van der Waals surface area contributed by atoms with Crippen molar-refractivity contribution >= 4 is 33.3 Å². The normalized spacial score (nSPS) is 10.4. The van der Waals surface area contributed by atoms with Crippen molar-refractivity contribution in [2.45, 2.75) is 33.1 Å². The Morgan fingerprint density at radius 2 is 2.13 bits per heavy atom. The van der Waals surface area contributed by atoms with E-state index in [4.69, 9.17) is 11.6 Å². The third kappa shape index (κ3) is 3.32. The fourth-order valence-electron chi connectivity index (χ4n) is 1.34. The summed E-state index contributed by atoms with van der Waals surface area (Å²) in [5.74, 6) is 0.184. The molecular weight excluding hydrogens is 275 g/mol. The van der Waals surface area contributed by atoms with E-state index in [1.165, 1.54) is 0 Å². The number of hydrogen-bond acceptors (Lipinski definition) is 1. The van der Waals surface area contributed by atoms with Gasteiger partial charge in [-0.05, 0) is 47.0 Å². The number of ketones is 1. The largest absolute Gasteiger partial charge is 0.294 e. The van der Waals surface area contributed by atoms with Crippen LogP contribution >= 0.6 is 27.5 Å². The maximum atomic E-state index is 11.8. The summed E-state index contributed by atoms with van der Waals surface area (Å²) in [7, 11) is 0. The van der Waals surface area contributed by atoms with Gasteiger partial charge in [0.1, 0.15) is 0 Å². The van der Waals surface area contributed by atoms with Gasteiger partial charge in [-0.1, -0.05) is 24.9 Å². The number of halogens is 2. The molecular formula is C12H14BrClO. The lowest BCUT2D eigenvalue weighted by Gasteiger charge is -2.06. The van der Waals surface area contributed by atoms with Crippen molar-refractivity contribution in [1.29, 1.82) is 0 Å². The van der Waals surface area contributed by atoms with Crippen molar-refractivity contribution in [3.8, 4) is 0 Å². The van der Waals surface area contributed by atoms with Crippen LogP contribution in [0, 0.1) is 6.92 Å². The number of aryl methyl sites for hydroxylation is 1. The van der Waals surface area contributed by atoms with Crippen LogP contribution in [-0.4, -0.2) is 5.78 Å². The van der Waals surface area contributed by atoms with Crippen molar-refractivity contribution in [3.63, 3.8) is 0 Å². The number of rotatable bonds is 4. The Morgan fingerprint density at radius 3 is 2.73 bits per heavy atom. The van der Waals surface area contributed by atoms with E-state index in [0.29, 0.717) is 11.4 Å². The molecule has 82 valence electrons. The Morgan fingerprint density at radius 1 is 1.47 bits per heavy atom. The highest BCUT2D eigenvalue weighted by Gasteiger charge is 2.11. The van der Waals surface area contributed by atoms with Crippen molar-refractivity contribution in [2.24, 2.45) is 0 Å². The van der Waals surface area contributed by atoms with Crippen molar-refractivity contribution < 1.29 is 4.79 Å². The van der Waals surface area contributed by atoms with Gasteiger partial charge in [0.2, 0.25) is 0 Å². The summed E-state index contributed by atoms with van der Waals surface area (Å²) < 4.78 is 0.791. The molecule has 1 nitrogen and oxygen atoms in total. The molecule has 0 bridgehead atoms. The molecule has 0 radical (unpaired) electrons. The zero-order valence-corrected chi connectivity index (χ0v) is 11.3. The van der Waals surface area contributed by atoms with Crippen LogP contribution in [-0.2, 0) is 0 Å². The molecule has 0 aliphatic rings. The van der Waals surface area contributed by atoms with Gasteiger partial charge in [0.15, 0.2) is 5.78 Å². The van der Waals surface area contributed by atoms with E-state index >= 15 is 0 Å². The van der Waals surface area contributed by atoms with E-state index < -0.39 is 0 Å². The van der Waals surface area contributed by atoms with E-state index in [9.17, 15) is 4.79 Å². The lowest BCUT2D eigenvalue weighted by Crippen LogP contribution is -2.00. The van der Waals surface area contributed by atoms with Crippen LogP contribution < -0.4 is 0 Å². The minimum atomic E-state index is 0.184. The lowest BCUT2D eigenvalue weighted by atomic mass is 10.0. The third-order valence-electron chi connectivity index (χ3n) is 2.31. The van der Waals surface area contributed by atoms with E-state index in [1.54, 1.807) is 6.07 Å². The second kappa shape index (κ2) is 5.66. The highest BCUT2D eigenvalue weighted by atomic mass is 79.9. The van der Waals surface area contributed by atoms with Gasteiger partial charge in [0, 0.05) is 21.5 Å². The minimum absolute atomic E-state index is 0.184. The zero-order chi connectivity index (χ0) is 11.4. The average Bonchev–Trinajstić information content (AvgIpc) is 2.20. The van der Waals surface area contributed by atoms with Crippen molar-refractivity contribution in [2.75, 3.05) is 0 Å². The molecule has 0 aliphatic carbocycles. The molecule has 0 heterocycles. The topological polar surface area (TPSA) is 17.1 Å². The highest BCUT2D eigenvalue weighted by Crippen LogP contribution is 2.26. The van der Waals surface area contributed by atoms with Gasteiger partial charge in [-0.2, -0.15) is 0 Å². The van der Waals surface area contributed by atoms with Gasteiger partial charge in [-0.25, -0.2) is 0 Å². The number of Topliss-reactive ketones (excluding diaryl/α,β-unsaturated/α-hetero) is 1. The lowest BCUT2D eigenvalue weighted by molar-refractivity contribution is 0.0979. The standard InChI is InChI=1S/C12H14BrClO/c1-3-4-5-12(15)9-6-8(2)11(14)7-10(9)13/h6-7H,3-5H2,1-2H3. The Bertz CT molecular complexity index is 374. The first-order valence-corrected chi connectivity index (χ1v) is 6.22. The van der Waals surface area contributed by atoms with Crippen LogP contribution in [0.15, 0.2) is 16.6 Å². The third-order valence-corrected chi connectivity index (χ3v) is 3.37. The number of hydrogen-bond donors (Lipinski definition) is 0. The molecule has 0 atom stereocenters. The number of carbonyl (C=O) groups excluding carboxylic acids is 1. The number of unbranched alkanes of at least 4 members (excludes halogenated alkanes) is 1. The average molecular weight is 290 g/mol. The molecule has 1 rings (SSSR count). The predicted molar refractivity (Wildman–Crippen MR) is 67.7 cm³/mol. The van der Waals surface area contributed by atoms with E-state index in [0.717, 1.165) is 28.4 Å². The molecule has 0 N–H and O–H groups in total. The van der Waals surface area contributed by atoms with E-state index in [-0.39, 0.29) is 5.78 Å². The van der Waals surface area contributed by atoms with Crippen molar-refractivity contribution in [3.05, 3.63) is 32.8 Å². The van der Waals surface area contributed by atoms with Crippen molar-refractivity contribution in [1.82, 2.24) is 0 Å². The summed E-state index contributed by atoms with van der Waals surface area (Å²) >= 11 is 9.32. The van der Waals surface area contributed by atoms with Gasteiger partial charge in [0.05, 0.1) is 0 Å². The highest BCUT2D eigenvalue weighted by molar-refractivity contribution is 9.10. The smallest absolute Gasteiger partial charge is 0.164 e. The van der Waals surface area contributed by atoms with Crippen LogP contribution in [0.3, 0.4) is 0 Å². The number of benzene rings is 1. The molecule has 0 fully saturated rings. The van der Waals surface area contributed by atoms with E-state index in [1.807, 2.05) is 13.0 Å². The molecule has 0 aromatic heterocycles. The van der Waals surface area contributed by atoms with Crippen LogP contribution in [0.4, 0.5) is 0 Å². The Labute approximate surface area is 104 Å². The van der Waals surface area contributed by atoms with Gasteiger partial charge in [-0.15, -0.1) is 0 Å². The summed E-state index contributed by atoms with van der Waals surface area (Å²) in [6.45, 7) is 3.99. The molecule has 0 saturated carbocycles. The SMILES string of the molecule is CCCCC(=O)c1cc(C)c(Cl)cc1Br. The fourth-order valence-corrected chi connectivity index (χ4v) is 2.20. The van der Waals surface area contributed by atoms with Gasteiger partial charge in [0.25, 0.3) is 0 Å². The molecule has 0 spiro atoms. The maximum Gasteiger partial charge on any atom is 0.164 e. The molecule has 1 aromatic rings.